The van der Waals surface area contributed by atoms with Gasteiger partial charge in [0.25, 0.3) is 0 Å². The van der Waals surface area contributed by atoms with E-state index in [-0.39, 0.29) is 34.7 Å². The molecule has 1 aliphatic heterocycles. The third-order valence-electron chi connectivity index (χ3n) is 7.17. The first-order chi connectivity index (χ1) is 17.5. The fourth-order valence-corrected chi connectivity index (χ4v) is 7.34. The van der Waals surface area contributed by atoms with Gasteiger partial charge < -0.3 is 14.9 Å². The number of Topliss-reactive ketones (excluding diaryl/α,β-unsaturated/α-hetero) is 2. The van der Waals surface area contributed by atoms with Gasteiger partial charge in [-0.05, 0) is 69.6 Å². The van der Waals surface area contributed by atoms with Crippen LogP contribution in [-0.2, 0) is 19.4 Å². The molecule has 1 aliphatic carbocycles. The second kappa shape index (κ2) is 11.4. The maximum Gasteiger partial charge on any atom is 0.191 e. The standard InChI is InChI=1S/C27H35NO7S2/c1-27(2,32)25(31)24-16-28-26(36-24)23(30)10-9-22(29)21(15-17-11-13-35-14-12-17)18-3-5-19(6-4-18)37(33,34)20-7-8-20/h3-6,16-17,20-21,25,31-32H,7-15H2,1-2H3. The molecule has 2 fully saturated rings. The summed E-state index contributed by atoms with van der Waals surface area (Å²) in [4.78, 5) is 31.0. The lowest BCUT2D eigenvalue weighted by molar-refractivity contribution is -0.121. The fourth-order valence-electron chi connectivity index (χ4n) is 4.64. The Morgan fingerprint density at radius 1 is 1.11 bits per heavy atom. The number of rotatable bonds is 12. The summed E-state index contributed by atoms with van der Waals surface area (Å²) >= 11 is 1.02. The summed E-state index contributed by atoms with van der Waals surface area (Å²) in [6, 6.07) is 6.68. The third-order valence-corrected chi connectivity index (χ3v) is 10.5. The molecule has 202 valence electrons. The highest BCUT2D eigenvalue weighted by Crippen LogP contribution is 2.36. The van der Waals surface area contributed by atoms with Crippen LogP contribution in [0.4, 0.5) is 0 Å². The van der Waals surface area contributed by atoms with Crippen LogP contribution in [0.25, 0.3) is 0 Å². The van der Waals surface area contributed by atoms with Crippen LogP contribution in [0.1, 0.15) is 91.1 Å². The summed E-state index contributed by atoms with van der Waals surface area (Å²) in [6.07, 6.45) is 3.99. The van der Waals surface area contributed by atoms with Crippen LogP contribution >= 0.6 is 11.3 Å². The van der Waals surface area contributed by atoms with E-state index in [0.717, 1.165) is 29.7 Å². The van der Waals surface area contributed by atoms with E-state index in [2.05, 4.69) is 4.98 Å². The van der Waals surface area contributed by atoms with E-state index >= 15 is 0 Å². The number of hydrogen-bond donors (Lipinski definition) is 2. The molecule has 1 saturated heterocycles. The van der Waals surface area contributed by atoms with Gasteiger partial charge in [-0.25, -0.2) is 13.4 Å². The molecule has 0 bridgehead atoms. The summed E-state index contributed by atoms with van der Waals surface area (Å²) in [7, 11) is -3.31. The molecule has 2 N–H and O–H groups in total. The van der Waals surface area contributed by atoms with Gasteiger partial charge in [-0.2, -0.15) is 0 Å². The van der Waals surface area contributed by atoms with Gasteiger partial charge in [-0.3, -0.25) is 9.59 Å². The number of carbonyl (C=O) groups excluding carboxylic acids is 2. The first-order valence-electron chi connectivity index (χ1n) is 12.8. The third kappa shape index (κ3) is 6.92. The van der Waals surface area contributed by atoms with Crippen molar-refractivity contribution in [2.45, 2.75) is 86.6 Å². The van der Waals surface area contributed by atoms with E-state index in [1.54, 1.807) is 24.3 Å². The van der Waals surface area contributed by atoms with E-state index in [9.17, 15) is 28.2 Å². The van der Waals surface area contributed by atoms with Gasteiger partial charge in [0.2, 0.25) is 0 Å². The molecule has 1 aromatic carbocycles. The quantitative estimate of drug-likeness (QED) is 0.380. The number of ketones is 2. The van der Waals surface area contributed by atoms with Gasteiger partial charge in [0.15, 0.2) is 20.6 Å². The summed E-state index contributed by atoms with van der Waals surface area (Å²) < 4.78 is 30.6. The number of nitrogens with zero attached hydrogens (tertiary/aromatic N) is 1. The predicted molar refractivity (Wildman–Crippen MR) is 139 cm³/mol. The van der Waals surface area contributed by atoms with E-state index in [4.69, 9.17) is 4.74 Å². The zero-order valence-electron chi connectivity index (χ0n) is 21.3. The number of hydrogen-bond acceptors (Lipinski definition) is 9. The second-order valence-corrected chi connectivity index (χ2v) is 14.0. The van der Waals surface area contributed by atoms with E-state index in [1.165, 1.54) is 20.0 Å². The van der Waals surface area contributed by atoms with Gasteiger partial charge in [-0.15, -0.1) is 11.3 Å². The molecule has 1 aromatic heterocycles. The lowest BCUT2D eigenvalue weighted by Gasteiger charge is -2.26. The molecule has 2 aliphatic rings. The first-order valence-corrected chi connectivity index (χ1v) is 15.2. The SMILES string of the molecule is CC(C)(O)C(O)c1cnc(C(=O)CCC(=O)C(CC2CCOCC2)c2ccc(S(=O)(=O)C3CC3)cc2)s1. The Morgan fingerprint density at radius 2 is 1.76 bits per heavy atom. The smallest absolute Gasteiger partial charge is 0.191 e. The molecular weight excluding hydrogens is 514 g/mol. The summed E-state index contributed by atoms with van der Waals surface area (Å²) in [6.45, 7) is 4.27. The molecule has 10 heteroatoms. The van der Waals surface area contributed by atoms with E-state index in [0.29, 0.717) is 48.2 Å². The van der Waals surface area contributed by atoms with Crippen LogP contribution in [0.15, 0.2) is 35.4 Å². The largest absolute Gasteiger partial charge is 0.387 e. The van der Waals surface area contributed by atoms with Crippen LogP contribution in [0.5, 0.6) is 0 Å². The van der Waals surface area contributed by atoms with Crippen LogP contribution in [0.3, 0.4) is 0 Å². The molecule has 8 nitrogen and oxygen atoms in total. The Morgan fingerprint density at radius 3 is 2.35 bits per heavy atom. The Labute approximate surface area is 222 Å². The number of benzene rings is 1. The predicted octanol–water partition coefficient (Wildman–Crippen LogP) is 4.02. The summed E-state index contributed by atoms with van der Waals surface area (Å²) in [5, 5.41) is 20.2. The van der Waals surface area contributed by atoms with Crippen molar-refractivity contribution in [3.8, 4) is 0 Å². The molecule has 4 rings (SSSR count). The van der Waals surface area contributed by atoms with E-state index in [1.807, 2.05) is 0 Å². The van der Waals surface area contributed by atoms with Gasteiger partial charge >= 0.3 is 0 Å². The van der Waals surface area contributed by atoms with Crippen molar-refractivity contribution in [2.24, 2.45) is 5.92 Å². The molecule has 0 radical (unpaired) electrons. The van der Waals surface area contributed by atoms with Crippen molar-refractivity contribution in [2.75, 3.05) is 13.2 Å². The Hall–Kier alpha value is -1.98. The van der Waals surface area contributed by atoms with Crippen LogP contribution in [0, 0.1) is 5.92 Å². The van der Waals surface area contributed by atoms with Crippen molar-refractivity contribution >= 4 is 32.7 Å². The fraction of sp³-hybridized carbons (Fsp3) is 0.593. The van der Waals surface area contributed by atoms with Crippen molar-refractivity contribution in [3.05, 3.63) is 45.9 Å². The highest BCUT2D eigenvalue weighted by Gasteiger charge is 2.37. The van der Waals surface area contributed by atoms with E-state index < -0.39 is 27.5 Å². The monoisotopic (exact) mass is 549 g/mol. The van der Waals surface area contributed by atoms with Gasteiger partial charge in [0, 0.05) is 38.2 Å². The highest BCUT2D eigenvalue weighted by molar-refractivity contribution is 7.92. The zero-order valence-corrected chi connectivity index (χ0v) is 22.9. The number of sulfone groups is 1. The Bertz CT molecular complexity index is 1200. The van der Waals surface area contributed by atoms with Crippen molar-refractivity contribution < 1.29 is 33.0 Å². The molecule has 2 heterocycles. The van der Waals surface area contributed by atoms with Crippen LogP contribution < -0.4 is 0 Å². The molecule has 0 amide bonds. The summed E-state index contributed by atoms with van der Waals surface area (Å²) in [5.41, 5.74) is -0.600. The lowest BCUT2D eigenvalue weighted by atomic mass is 9.81. The molecule has 1 saturated carbocycles. The highest BCUT2D eigenvalue weighted by atomic mass is 32.2. The Balaban J connectivity index is 1.45. The molecule has 0 spiro atoms. The number of thiazole rings is 1. The number of aliphatic hydroxyl groups excluding tert-OH is 1. The molecule has 37 heavy (non-hydrogen) atoms. The Kier molecular flexibility index (Phi) is 8.65. The number of carbonyl (C=O) groups is 2. The van der Waals surface area contributed by atoms with Crippen molar-refractivity contribution in [1.82, 2.24) is 4.98 Å². The van der Waals surface area contributed by atoms with Crippen LogP contribution in [-0.4, -0.2) is 59.2 Å². The van der Waals surface area contributed by atoms with Crippen molar-refractivity contribution in [3.63, 3.8) is 0 Å². The normalized spacial score (nSPS) is 18.9. The van der Waals surface area contributed by atoms with Crippen molar-refractivity contribution in [1.29, 1.82) is 0 Å². The van der Waals surface area contributed by atoms with Crippen LogP contribution in [0.2, 0.25) is 0 Å². The molecular formula is C27H35NO7S2. The minimum absolute atomic E-state index is 0.0111. The number of ether oxygens (including phenoxy) is 1. The number of aliphatic hydroxyl groups is 2. The van der Waals surface area contributed by atoms with Gasteiger partial charge in [0.1, 0.15) is 11.9 Å². The number of aromatic nitrogens is 1. The lowest BCUT2D eigenvalue weighted by Crippen LogP contribution is -2.27. The summed E-state index contributed by atoms with van der Waals surface area (Å²) in [5.74, 6) is -0.468. The first kappa shape index (κ1) is 28.0. The minimum atomic E-state index is -3.31. The topological polar surface area (TPSA) is 131 Å². The second-order valence-electron chi connectivity index (χ2n) is 10.7. The van der Waals surface area contributed by atoms with Gasteiger partial charge in [-0.1, -0.05) is 12.1 Å². The zero-order chi connectivity index (χ0) is 26.8. The minimum Gasteiger partial charge on any atom is -0.387 e. The average Bonchev–Trinajstić information content (AvgIpc) is 3.63. The maximum atomic E-state index is 13.4. The molecule has 2 atom stereocenters. The average molecular weight is 550 g/mol. The maximum absolute atomic E-state index is 13.4. The molecule has 2 unspecified atom stereocenters. The van der Waals surface area contributed by atoms with Gasteiger partial charge in [0.05, 0.1) is 20.6 Å². The molecule has 2 aromatic rings.